The Labute approximate surface area is 109 Å². The quantitative estimate of drug-likeness (QED) is 0.803. The van der Waals surface area contributed by atoms with Crippen LogP contribution in [0.4, 0.5) is 0 Å². The third-order valence-electron chi connectivity index (χ3n) is 1.76. The molecule has 0 amide bonds. The Morgan fingerprint density at radius 2 is 2.41 bits per heavy atom. The molecule has 0 radical (unpaired) electrons. The van der Waals surface area contributed by atoms with Crippen LogP contribution < -0.4 is 0 Å². The minimum absolute atomic E-state index is 0.0131. The second-order valence-electron chi connectivity index (χ2n) is 2.96. The van der Waals surface area contributed by atoms with Crippen LogP contribution in [0.1, 0.15) is 12.8 Å². The van der Waals surface area contributed by atoms with E-state index in [1.54, 1.807) is 13.1 Å². The number of thiazole rings is 1. The fourth-order valence-corrected chi connectivity index (χ4v) is 2.30. The van der Waals surface area contributed by atoms with Gasteiger partial charge in [0, 0.05) is 0 Å². The highest BCUT2D eigenvalue weighted by Crippen LogP contribution is 2.27. The third-order valence-corrected chi connectivity index (χ3v) is 3.22. The second kappa shape index (κ2) is 5.37. The molecule has 2 rings (SSSR count). The van der Waals surface area contributed by atoms with Crippen molar-refractivity contribution in [2.24, 2.45) is 0 Å². The summed E-state index contributed by atoms with van der Waals surface area (Å²) < 4.78 is 10.8. The van der Waals surface area contributed by atoms with Crippen molar-refractivity contribution in [3.63, 3.8) is 0 Å². The summed E-state index contributed by atoms with van der Waals surface area (Å²) in [6.07, 6.45) is 1.61. The highest BCUT2D eigenvalue weighted by atomic mass is 79.9. The first-order valence-electron chi connectivity index (χ1n) is 4.78. The SMILES string of the molecule is CCOC(=O)Cc1nnc(-c2cnc(Br)s2)o1. The Kier molecular flexibility index (Phi) is 3.85. The van der Waals surface area contributed by atoms with Gasteiger partial charge in [-0.05, 0) is 22.9 Å². The van der Waals surface area contributed by atoms with E-state index in [1.165, 1.54) is 11.3 Å². The zero-order chi connectivity index (χ0) is 12.3. The van der Waals surface area contributed by atoms with Crippen molar-refractivity contribution in [3.8, 4) is 10.8 Å². The molecule has 0 atom stereocenters. The van der Waals surface area contributed by atoms with E-state index in [0.717, 1.165) is 8.79 Å². The molecule has 0 aliphatic carbocycles. The number of carbonyl (C=O) groups is 1. The number of carbonyl (C=O) groups excluding carboxylic acids is 1. The van der Waals surface area contributed by atoms with Crippen molar-refractivity contribution < 1.29 is 13.9 Å². The van der Waals surface area contributed by atoms with Crippen molar-refractivity contribution in [1.82, 2.24) is 15.2 Å². The molecule has 8 heteroatoms. The summed E-state index contributed by atoms with van der Waals surface area (Å²) in [7, 11) is 0. The molecule has 6 nitrogen and oxygen atoms in total. The van der Waals surface area contributed by atoms with Gasteiger partial charge in [0.15, 0.2) is 3.92 Å². The highest BCUT2D eigenvalue weighted by molar-refractivity contribution is 9.11. The number of hydrogen-bond donors (Lipinski definition) is 0. The largest absolute Gasteiger partial charge is 0.466 e. The van der Waals surface area contributed by atoms with Gasteiger partial charge in [0.2, 0.25) is 5.89 Å². The average Bonchev–Trinajstić information content (AvgIpc) is 2.87. The van der Waals surface area contributed by atoms with Gasteiger partial charge in [-0.25, -0.2) is 4.98 Å². The average molecular weight is 318 g/mol. The molecule has 0 bridgehead atoms. The lowest BCUT2D eigenvalue weighted by Crippen LogP contribution is -2.07. The number of hydrogen-bond acceptors (Lipinski definition) is 7. The van der Waals surface area contributed by atoms with E-state index in [2.05, 4.69) is 31.1 Å². The minimum atomic E-state index is -0.381. The normalized spacial score (nSPS) is 10.5. The molecule has 0 aliphatic rings. The van der Waals surface area contributed by atoms with Crippen LogP contribution in [-0.4, -0.2) is 27.8 Å². The number of halogens is 1. The molecule has 2 heterocycles. The zero-order valence-corrected chi connectivity index (χ0v) is 11.2. The first-order valence-corrected chi connectivity index (χ1v) is 6.39. The van der Waals surface area contributed by atoms with Crippen molar-refractivity contribution >= 4 is 33.2 Å². The molecule has 2 aromatic heterocycles. The molecule has 0 unspecified atom stereocenters. The molecule has 90 valence electrons. The van der Waals surface area contributed by atoms with Crippen molar-refractivity contribution in [3.05, 3.63) is 16.0 Å². The predicted molar refractivity (Wildman–Crippen MR) is 63.4 cm³/mol. The van der Waals surface area contributed by atoms with Gasteiger partial charge in [0.1, 0.15) is 11.3 Å². The number of rotatable bonds is 4. The van der Waals surface area contributed by atoms with Gasteiger partial charge in [-0.15, -0.1) is 21.5 Å². The predicted octanol–water partition coefficient (Wildman–Crippen LogP) is 2.06. The molecule has 0 N–H and O–H groups in total. The Balaban J connectivity index is 2.08. The van der Waals surface area contributed by atoms with Gasteiger partial charge in [-0.3, -0.25) is 4.79 Å². The monoisotopic (exact) mass is 317 g/mol. The van der Waals surface area contributed by atoms with E-state index >= 15 is 0 Å². The molecule has 2 aromatic rings. The second-order valence-corrected chi connectivity index (χ2v) is 5.27. The molecular weight excluding hydrogens is 310 g/mol. The van der Waals surface area contributed by atoms with E-state index in [0.29, 0.717) is 12.5 Å². The first-order chi connectivity index (χ1) is 8.19. The summed E-state index contributed by atoms with van der Waals surface area (Å²) in [6, 6.07) is 0. The van der Waals surface area contributed by atoms with Gasteiger partial charge >= 0.3 is 5.97 Å². The molecule has 0 saturated heterocycles. The van der Waals surface area contributed by atoms with Gasteiger partial charge in [-0.2, -0.15) is 0 Å². The fraction of sp³-hybridized carbons (Fsp3) is 0.333. The maximum atomic E-state index is 11.2. The molecule has 17 heavy (non-hydrogen) atoms. The van der Waals surface area contributed by atoms with Crippen LogP contribution in [0.15, 0.2) is 14.5 Å². The van der Waals surface area contributed by atoms with Crippen LogP contribution >= 0.6 is 27.3 Å². The molecule has 0 saturated carbocycles. The Morgan fingerprint density at radius 3 is 3.06 bits per heavy atom. The van der Waals surface area contributed by atoms with Crippen molar-refractivity contribution in [2.75, 3.05) is 6.61 Å². The molecular formula is C9H8BrN3O3S. The maximum absolute atomic E-state index is 11.2. The number of ether oxygens (including phenoxy) is 1. The van der Waals surface area contributed by atoms with Crippen molar-refractivity contribution in [1.29, 1.82) is 0 Å². The summed E-state index contributed by atoms with van der Waals surface area (Å²) in [5.41, 5.74) is 0. The lowest BCUT2D eigenvalue weighted by Gasteiger charge is -1.96. The summed E-state index contributed by atoms with van der Waals surface area (Å²) >= 11 is 4.62. The van der Waals surface area contributed by atoms with E-state index in [4.69, 9.17) is 9.15 Å². The fourth-order valence-electron chi connectivity index (χ4n) is 1.11. The van der Waals surface area contributed by atoms with Crippen molar-refractivity contribution in [2.45, 2.75) is 13.3 Å². The number of nitrogens with zero attached hydrogens (tertiary/aromatic N) is 3. The Morgan fingerprint density at radius 1 is 1.59 bits per heavy atom. The number of esters is 1. The molecule has 0 aromatic carbocycles. The van der Waals surface area contributed by atoms with E-state index in [-0.39, 0.29) is 18.3 Å². The standard InChI is InChI=1S/C9H8BrN3O3S/c1-2-15-7(14)3-6-12-13-8(16-6)5-4-11-9(10)17-5/h4H,2-3H2,1H3. The first kappa shape index (κ1) is 12.2. The number of aromatic nitrogens is 3. The van der Waals surface area contributed by atoms with Crippen LogP contribution in [0.2, 0.25) is 0 Å². The van der Waals surface area contributed by atoms with Crippen LogP contribution in [-0.2, 0) is 16.0 Å². The van der Waals surface area contributed by atoms with Crippen LogP contribution in [0, 0.1) is 0 Å². The van der Waals surface area contributed by atoms with Crippen LogP contribution in [0.5, 0.6) is 0 Å². The smallest absolute Gasteiger partial charge is 0.315 e. The van der Waals surface area contributed by atoms with Gasteiger partial charge < -0.3 is 9.15 Å². The highest BCUT2D eigenvalue weighted by Gasteiger charge is 2.14. The summed E-state index contributed by atoms with van der Waals surface area (Å²) in [4.78, 5) is 16.0. The van der Waals surface area contributed by atoms with Gasteiger partial charge in [-0.1, -0.05) is 0 Å². The molecule has 0 aliphatic heterocycles. The van der Waals surface area contributed by atoms with Crippen LogP contribution in [0.3, 0.4) is 0 Å². The van der Waals surface area contributed by atoms with Gasteiger partial charge in [0.25, 0.3) is 5.89 Å². The van der Waals surface area contributed by atoms with E-state index in [9.17, 15) is 4.79 Å². The maximum Gasteiger partial charge on any atom is 0.315 e. The lowest BCUT2D eigenvalue weighted by atomic mass is 10.4. The minimum Gasteiger partial charge on any atom is -0.466 e. The lowest BCUT2D eigenvalue weighted by molar-refractivity contribution is -0.142. The molecule has 0 spiro atoms. The summed E-state index contributed by atoms with van der Waals surface area (Å²) in [6.45, 7) is 2.08. The van der Waals surface area contributed by atoms with E-state index < -0.39 is 0 Å². The van der Waals surface area contributed by atoms with Gasteiger partial charge in [0.05, 0.1) is 12.8 Å². The summed E-state index contributed by atoms with van der Waals surface area (Å²) in [5.74, 6) is 0.212. The zero-order valence-electron chi connectivity index (χ0n) is 8.84. The van der Waals surface area contributed by atoms with E-state index in [1.807, 2.05) is 0 Å². The third kappa shape index (κ3) is 3.10. The summed E-state index contributed by atoms with van der Waals surface area (Å²) in [5, 5.41) is 7.61. The topological polar surface area (TPSA) is 78.1 Å². The van der Waals surface area contributed by atoms with Crippen LogP contribution in [0.25, 0.3) is 10.8 Å². The Hall–Kier alpha value is -1.28. The molecule has 0 fully saturated rings. The Bertz CT molecular complexity index is 525.